The quantitative estimate of drug-likeness (QED) is 0.615. The Kier molecular flexibility index (Phi) is 5.24. The summed E-state index contributed by atoms with van der Waals surface area (Å²) in [5.41, 5.74) is 1.72. The number of sulfonamides is 1. The first-order valence-electron chi connectivity index (χ1n) is 8.60. The van der Waals surface area contributed by atoms with Crippen LogP contribution in [-0.2, 0) is 14.8 Å². The lowest BCUT2D eigenvalue weighted by molar-refractivity contribution is 0.0603. The third kappa shape index (κ3) is 3.38. The van der Waals surface area contributed by atoms with E-state index in [2.05, 4.69) is 0 Å². The maximum atomic E-state index is 13.0. The van der Waals surface area contributed by atoms with Gasteiger partial charge in [0.05, 0.1) is 29.6 Å². The van der Waals surface area contributed by atoms with E-state index in [1.165, 1.54) is 29.2 Å². The lowest BCUT2D eigenvalue weighted by atomic mass is 10.2. The second-order valence-corrected chi connectivity index (χ2v) is 8.43. The predicted octanol–water partition coefficient (Wildman–Crippen LogP) is 2.90. The average Bonchev–Trinajstić information content (AvgIpc) is 3.12. The molecule has 0 aliphatic rings. The zero-order chi connectivity index (χ0) is 20.5. The van der Waals surface area contributed by atoms with Crippen LogP contribution in [0.1, 0.15) is 27.6 Å². The van der Waals surface area contributed by atoms with Gasteiger partial charge < -0.3 is 4.74 Å². The molecule has 1 heterocycles. The molecule has 0 N–H and O–H groups in total. The first kappa shape index (κ1) is 19.6. The number of methoxy groups -OCH3 is 1. The molecule has 0 spiro atoms. The Morgan fingerprint density at radius 2 is 1.71 bits per heavy atom. The van der Waals surface area contributed by atoms with Crippen LogP contribution in [0.5, 0.6) is 0 Å². The second-order valence-electron chi connectivity index (χ2n) is 6.14. The minimum Gasteiger partial charge on any atom is -0.465 e. The Balaban J connectivity index is 2.00. The summed E-state index contributed by atoms with van der Waals surface area (Å²) in [6, 6.07) is 13.3. The van der Waals surface area contributed by atoms with Gasteiger partial charge in [0, 0.05) is 24.2 Å². The summed E-state index contributed by atoms with van der Waals surface area (Å²) in [6.07, 6.45) is 1.46. The van der Waals surface area contributed by atoms with Crippen molar-refractivity contribution in [3.63, 3.8) is 0 Å². The monoisotopic (exact) mass is 400 g/mol. The lowest BCUT2D eigenvalue weighted by Crippen LogP contribution is -2.27. The van der Waals surface area contributed by atoms with Crippen molar-refractivity contribution in [2.75, 3.05) is 24.2 Å². The lowest BCUT2D eigenvalue weighted by Gasteiger charge is -2.18. The third-order valence-corrected chi connectivity index (χ3v) is 6.37. The van der Waals surface area contributed by atoms with E-state index in [4.69, 9.17) is 4.74 Å². The second kappa shape index (κ2) is 7.47. The highest BCUT2D eigenvalue weighted by Gasteiger charge is 2.20. The molecule has 0 radical (unpaired) electrons. The van der Waals surface area contributed by atoms with Crippen LogP contribution in [0.3, 0.4) is 0 Å². The van der Waals surface area contributed by atoms with Crippen LogP contribution >= 0.6 is 0 Å². The van der Waals surface area contributed by atoms with Gasteiger partial charge in [0.25, 0.3) is 5.91 Å². The highest BCUT2D eigenvalue weighted by molar-refractivity contribution is 7.92. The molecule has 0 unspecified atom stereocenters. The van der Waals surface area contributed by atoms with E-state index in [1.807, 2.05) is 0 Å². The summed E-state index contributed by atoms with van der Waals surface area (Å²) < 4.78 is 31.4. The molecule has 7 nitrogen and oxygen atoms in total. The van der Waals surface area contributed by atoms with Crippen LogP contribution in [0.15, 0.2) is 54.7 Å². The van der Waals surface area contributed by atoms with Gasteiger partial charge in [-0.2, -0.15) is 0 Å². The van der Waals surface area contributed by atoms with Gasteiger partial charge in [0.1, 0.15) is 0 Å². The molecule has 0 bridgehead atoms. The molecule has 0 aliphatic carbocycles. The normalized spacial score (nSPS) is 11.4. The van der Waals surface area contributed by atoms with E-state index in [-0.39, 0.29) is 11.7 Å². The molecule has 3 aromatic rings. The highest BCUT2D eigenvalue weighted by Crippen LogP contribution is 2.24. The zero-order valence-corrected chi connectivity index (χ0v) is 16.6. The van der Waals surface area contributed by atoms with E-state index in [9.17, 15) is 18.0 Å². The molecule has 8 heteroatoms. The number of benzene rings is 2. The van der Waals surface area contributed by atoms with Gasteiger partial charge in [0.15, 0.2) is 0 Å². The van der Waals surface area contributed by atoms with Gasteiger partial charge >= 0.3 is 5.97 Å². The van der Waals surface area contributed by atoms with Crippen molar-refractivity contribution in [3.05, 3.63) is 65.9 Å². The molecule has 0 fully saturated rings. The van der Waals surface area contributed by atoms with Crippen molar-refractivity contribution in [1.82, 2.24) is 4.57 Å². The smallest absolute Gasteiger partial charge is 0.340 e. The van der Waals surface area contributed by atoms with Crippen LogP contribution in [0.2, 0.25) is 0 Å². The number of carbonyl (C=O) groups excluding carboxylic acids is 2. The fraction of sp³-hybridized carbons (Fsp3) is 0.200. The minimum absolute atomic E-state index is 0.0180. The van der Waals surface area contributed by atoms with E-state index in [0.717, 1.165) is 0 Å². The van der Waals surface area contributed by atoms with Gasteiger partial charge in [-0.05, 0) is 37.3 Å². The summed E-state index contributed by atoms with van der Waals surface area (Å²) in [6.45, 7) is 1.57. The fourth-order valence-corrected chi connectivity index (χ4v) is 3.76. The molecule has 0 aliphatic heterocycles. The molecule has 146 valence electrons. The van der Waals surface area contributed by atoms with E-state index < -0.39 is 16.0 Å². The van der Waals surface area contributed by atoms with Crippen molar-refractivity contribution in [1.29, 1.82) is 0 Å². The summed E-state index contributed by atoms with van der Waals surface area (Å²) in [5, 5.41) is 0.619. The van der Waals surface area contributed by atoms with Gasteiger partial charge in [-0.1, -0.05) is 18.2 Å². The average molecular weight is 400 g/mol. The van der Waals surface area contributed by atoms with E-state index in [1.54, 1.807) is 55.5 Å². The minimum atomic E-state index is -3.38. The first-order valence-corrected chi connectivity index (χ1v) is 10.2. The van der Waals surface area contributed by atoms with Crippen LogP contribution in [0.4, 0.5) is 5.69 Å². The SMILES string of the molecule is CCS(=O)(=O)N(C)c1ccc(C(=O)n2cc(C(=O)OC)c3ccccc32)cc1. The molecule has 0 saturated heterocycles. The van der Waals surface area contributed by atoms with Crippen LogP contribution in [0.25, 0.3) is 10.9 Å². The fourth-order valence-electron chi connectivity index (χ4n) is 2.93. The Hall–Kier alpha value is -3.13. The Labute approximate surface area is 163 Å². The van der Waals surface area contributed by atoms with Crippen LogP contribution in [-0.4, -0.2) is 44.8 Å². The maximum absolute atomic E-state index is 13.0. The van der Waals surface area contributed by atoms with Gasteiger partial charge in [0.2, 0.25) is 10.0 Å². The number of hydrogen-bond acceptors (Lipinski definition) is 5. The highest BCUT2D eigenvalue weighted by atomic mass is 32.2. The Bertz CT molecular complexity index is 1150. The maximum Gasteiger partial charge on any atom is 0.340 e. The van der Waals surface area contributed by atoms with E-state index in [0.29, 0.717) is 27.7 Å². The summed E-state index contributed by atoms with van der Waals surface area (Å²) in [5.74, 6) is -0.876. The topological polar surface area (TPSA) is 85.7 Å². The van der Waals surface area contributed by atoms with Gasteiger partial charge in [-0.25, -0.2) is 13.2 Å². The van der Waals surface area contributed by atoms with Crippen LogP contribution in [0, 0.1) is 0 Å². The Morgan fingerprint density at radius 3 is 2.32 bits per heavy atom. The number of fused-ring (bicyclic) bond motifs is 1. The molecule has 28 heavy (non-hydrogen) atoms. The van der Waals surface area contributed by atoms with Crippen molar-refractivity contribution < 1.29 is 22.7 Å². The van der Waals surface area contributed by atoms with Crippen molar-refractivity contribution in [2.45, 2.75) is 6.92 Å². The number of esters is 1. The Morgan fingerprint density at radius 1 is 1.07 bits per heavy atom. The first-order chi connectivity index (χ1) is 13.3. The summed E-state index contributed by atoms with van der Waals surface area (Å²) in [4.78, 5) is 25.0. The van der Waals surface area contributed by atoms with Gasteiger partial charge in [-0.15, -0.1) is 0 Å². The number of hydrogen-bond donors (Lipinski definition) is 0. The molecule has 3 rings (SSSR count). The molecule has 2 aromatic carbocycles. The number of para-hydroxylation sites is 1. The number of ether oxygens (including phenoxy) is 1. The third-order valence-electron chi connectivity index (χ3n) is 4.60. The van der Waals surface area contributed by atoms with Gasteiger partial charge in [-0.3, -0.25) is 13.7 Å². The largest absolute Gasteiger partial charge is 0.465 e. The molecular weight excluding hydrogens is 380 g/mol. The van der Waals surface area contributed by atoms with E-state index >= 15 is 0 Å². The number of carbonyl (C=O) groups is 2. The standard InChI is InChI=1S/C20H20N2O5S/c1-4-28(25,26)21(2)15-11-9-14(10-12-15)19(23)22-13-17(20(24)27-3)16-7-5-6-8-18(16)22/h5-13H,4H2,1-3H3. The molecule has 0 amide bonds. The summed E-state index contributed by atoms with van der Waals surface area (Å²) >= 11 is 0. The van der Waals surface area contributed by atoms with Crippen molar-refractivity contribution in [2.24, 2.45) is 0 Å². The zero-order valence-electron chi connectivity index (χ0n) is 15.7. The number of rotatable bonds is 5. The number of aromatic nitrogens is 1. The number of anilines is 1. The molecule has 0 atom stereocenters. The van der Waals surface area contributed by atoms with Crippen molar-refractivity contribution in [3.8, 4) is 0 Å². The van der Waals surface area contributed by atoms with Crippen LogP contribution < -0.4 is 4.31 Å². The van der Waals surface area contributed by atoms with Crippen molar-refractivity contribution >= 4 is 38.5 Å². The summed E-state index contributed by atoms with van der Waals surface area (Å²) in [7, 11) is -0.625. The number of nitrogens with zero attached hydrogens (tertiary/aromatic N) is 2. The molecule has 1 aromatic heterocycles. The predicted molar refractivity (Wildman–Crippen MR) is 107 cm³/mol. The molecular formula is C20H20N2O5S. The molecule has 0 saturated carbocycles.